The van der Waals surface area contributed by atoms with Crippen molar-refractivity contribution in [2.24, 2.45) is 0 Å². The summed E-state index contributed by atoms with van der Waals surface area (Å²) in [5.41, 5.74) is 5.93. The first kappa shape index (κ1) is 13.0. The molecule has 0 atom stereocenters. The molecule has 2 aromatic carbocycles. The maximum atomic E-state index is 11.8. The largest absolute Gasteiger partial charge is 0.306 e. The molecule has 0 N–H and O–H groups in total. The first-order valence-electron chi connectivity index (χ1n) is 7.27. The highest BCUT2D eigenvalue weighted by atomic mass is 16.6. The van der Waals surface area contributed by atoms with Gasteiger partial charge in [-0.2, -0.15) is 0 Å². The summed E-state index contributed by atoms with van der Waals surface area (Å²) in [6, 6.07) is 9.74. The number of hydrogen-bond donors (Lipinski definition) is 0. The summed E-state index contributed by atoms with van der Waals surface area (Å²) >= 11 is 0. The lowest BCUT2D eigenvalue weighted by Crippen LogP contribution is -2.26. The number of nitro benzene ring substituents is 1. The number of nitrogens with zero attached hydrogens (tertiary/aromatic N) is 2. The van der Waals surface area contributed by atoms with Gasteiger partial charge in [0.15, 0.2) is 0 Å². The average molecular weight is 294 g/mol. The van der Waals surface area contributed by atoms with E-state index in [1.54, 1.807) is 6.07 Å². The van der Waals surface area contributed by atoms with Gasteiger partial charge in [-0.3, -0.25) is 14.9 Å². The number of anilines is 1. The van der Waals surface area contributed by atoms with Crippen LogP contribution in [0.5, 0.6) is 0 Å². The Bertz CT molecular complexity index is 842. The molecule has 5 nitrogen and oxygen atoms in total. The maximum Gasteiger partial charge on any atom is 0.293 e. The van der Waals surface area contributed by atoms with Crippen molar-refractivity contribution in [1.82, 2.24) is 0 Å². The van der Waals surface area contributed by atoms with Gasteiger partial charge in [0.05, 0.1) is 4.92 Å². The van der Waals surface area contributed by atoms with Gasteiger partial charge in [0, 0.05) is 19.5 Å². The molecule has 1 aliphatic carbocycles. The zero-order valence-corrected chi connectivity index (χ0v) is 12.1. The van der Waals surface area contributed by atoms with Crippen molar-refractivity contribution >= 4 is 17.3 Å². The van der Waals surface area contributed by atoms with Gasteiger partial charge in [-0.05, 0) is 40.7 Å². The third-order valence-corrected chi connectivity index (χ3v) is 4.56. The van der Waals surface area contributed by atoms with E-state index in [1.807, 2.05) is 12.1 Å². The Morgan fingerprint density at radius 2 is 2.05 bits per heavy atom. The van der Waals surface area contributed by atoms with Crippen molar-refractivity contribution in [3.63, 3.8) is 0 Å². The zero-order chi connectivity index (χ0) is 15.4. The second kappa shape index (κ2) is 4.40. The van der Waals surface area contributed by atoms with Crippen LogP contribution in [-0.4, -0.2) is 17.4 Å². The summed E-state index contributed by atoms with van der Waals surface area (Å²) in [7, 11) is 0. The minimum absolute atomic E-state index is 0.0502. The van der Waals surface area contributed by atoms with Crippen LogP contribution in [-0.2, 0) is 17.6 Å². The van der Waals surface area contributed by atoms with Crippen molar-refractivity contribution in [3.05, 3.63) is 57.1 Å². The van der Waals surface area contributed by atoms with Crippen LogP contribution >= 0.6 is 0 Å². The fraction of sp³-hybridized carbons (Fsp3) is 0.235. The van der Waals surface area contributed by atoms with E-state index in [1.165, 1.54) is 17.4 Å². The Kier molecular flexibility index (Phi) is 2.60. The monoisotopic (exact) mass is 294 g/mol. The number of amides is 1. The molecule has 1 heterocycles. The topological polar surface area (TPSA) is 63.5 Å². The average Bonchev–Trinajstić information content (AvgIpc) is 3.06. The molecular formula is C17H14N2O3. The second-order valence-electron chi connectivity index (χ2n) is 5.77. The van der Waals surface area contributed by atoms with Crippen molar-refractivity contribution in [3.8, 4) is 11.1 Å². The van der Waals surface area contributed by atoms with Gasteiger partial charge in [0.1, 0.15) is 5.69 Å². The van der Waals surface area contributed by atoms with Crippen molar-refractivity contribution in [1.29, 1.82) is 0 Å². The van der Waals surface area contributed by atoms with Crippen molar-refractivity contribution < 1.29 is 9.72 Å². The standard InChI is InChI=1S/C17H14N2O3/c1-10(20)18-7-6-14-16-12(9-15(17(14)18)19(21)22)8-11-4-2-3-5-13(11)16/h2-5,9H,6-8H2,1H3. The SMILES string of the molecule is CC(=O)N1CCc2c3c(cc([N+](=O)[O-])c21)Cc1ccccc1-3. The summed E-state index contributed by atoms with van der Waals surface area (Å²) in [6.07, 6.45) is 1.40. The number of rotatable bonds is 1. The smallest absolute Gasteiger partial charge is 0.293 e. The van der Waals surface area contributed by atoms with Crippen LogP contribution < -0.4 is 4.90 Å². The molecule has 0 radical (unpaired) electrons. The molecule has 0 saturated heterocycles. The van der Waals surface area contributed by atoms with Crippen LogP contribution in [0, 0.1) is 10.1 Å². The van der Waals surface area contributed by atoms with E-state index in [9.17, 15) is 14.9 Å². The predicted octanol–water partition coefficient (Wildman–Crippen LogP) is 3.08. The second-order valence-corrected chi connectivity index (χ2v) is 5.77. The minimum atomic E-state index is -0.372. The van der Waals surface area contributed by atoms with Gasteiger partial charge < -0.3 is 4.90 Å². The highest BCUT2D eigenvalue weighted by molar-refractivity contribution is 6.00. The normalized spacial score (nSPS) is 14.5. The molecule has 0 spiro atoms. The van der Waals surface area contributed by atoms with Gasteiger partial charge >= 0.3 is 0 Å². The summed E-state index contributed by atoms with van der Waals surface area (Å²) < 4.78 is 0. The van der Waals surface area contributed by atoms with E-state index in [4.69, 9.17) is 0 Å². The molecule has 110 valence electrons. The van der Waals surface area contributed by atoms with Crippen LogP contribution in [0.2, 0.25) is 0 Å². The Hall–Kier alpha value is -2.69. The van der Waals surface area contributed by atoms with Gasteiger partial charge in [0.2, 0.25) is 5.91 Å². The van der Waals surface area contributed by atoms with E-state index in [2.05, 4.69) is 12.1 Å². The molecule has 1 amide bonds. The highest BCUT2D eigenvalue weighted by Gasteiger charge is 2.36. The van der Waals surface area contributed by atoms with Crippen LogP contribution in [0.1, 0.15) is 23.6 Å². The van der Waals surface area contributed by atoms with Gasteiger partial charge in [-0.25, -0.2) is 0 Å². The number of hydrogen-bond acceptors (Lipinski definition) is 3. The van der Waals surface area contributed by atoms with E-state index >= 15 is 0 Å². The number of carbonyl (C=O) groups is 1. The van der Waals surface area contributed by atoms with Crippen LogP contribution in [0.4, 0.5) is 11.4 Å². The third kappa shape index (κ3) is 1.62. The molecule has 0 saturated carbocycles. The maximum absolute atomic E-state index is 11.8. The minimum Gasteiger partial charge on any atom is -0.306 e. The van der Waals surface area contributed by atoms with E-state index in [0.717, 1.165) is 28.7 Å². The fourth-order valence-corrected chi connectivity index (χ4v) is 3.70. The molecule has 0 bridgehead atoms. The quantitative estimate of drug-likeness (QED) is 0.512. The zero-order valence-electron chi connectivity index (χ0n) is 12.1. The summed E-state index contributed by atoms with van der Waals surface area (Å²) in [6.45, 7) is 1.98. The lowest BCUT2D eigenvalue weighted by Gasteiger charge is -2.16. The molecule has 22 heavy (non-hydrogen) atoms. The molecule has 0 aromatic heterocycles. The first-order chi connectivity index (χ1) is 10.6. The Morgan fingerprint density at radius 1 is 1.27 bits per heavy atom. The molecular weight excluding hydrogens is 280 g/mol. The summed E-state index contributed by atoms with van der Waals surface area (Å²) in [4.78, 5) is 24.5. The van der Waals surface area contributed by atoms with Crippen LogP contribution in [0.25, 0.3) is 11.1 Å². The van der Waals surface area contributed by atoms with Crippen LogP contribution in [0.15, 0.2) is 30.3 Å². The van der Waals surface area contributed by atoms with E-state index < -0.39 is 0 Å². The van der Waals surface area contributed by atoms with E-state index in [-0.39, 0.29) is 16.5 Å². The lowest BCUT2D eigenvalue weighted by atomic mass is 9.96. The third-order valence-electron chi connectivity index (χ3n) is 4.56. The fourth-order valence-electron chi connectivity index (χ4n) is 3.70. The van der Waals surface area contributed by atoms with Gasteiger partial charge in [-0.15, -0.1) is 0 Å². The Labute approximate surface area is 127 Å². The molecule has 2 aliphatic rings. The van der Waals surface area contributed by atoms with Gasteiger partial charge in [-0.1, -0.05) is 24.3 Å². The van der Waals surface area contributed by atoms with Crippen molar-refractivity contribution in [2.75, 3.05) is 11.4 Å². The van der Waals surface area contributed by atoms with Crippen molar-refractivity contribution in [2.45, 2.75) is 19.8 Å². The summed E-state index contributed by atoms with van der Waals surface area (Å²) in [5, 5.41) is 11.5. The number of fused-ring (bicyclic) bond motifs is 5. The Morgan fingerprint density at radius 3 is 2.77 bits per heavy atom. The molecule has 5 heteroatoms. The lowest BCUT2D eigenvalue weighted by molar-refractivity contribution is -0.384. The number of benzene rings is 2. The summed E-state index contributed by atoms with van der Waals surface area (Å²) in [5.74, 6) is -0.145. The molecule has 0 unspecified atom stereocenters. The highest BCUT2D eigenvalue weighted by Crippen LogP contribution is 2.49. The predicted molar refractivity (Wildman–Crippen MR) is 83.1 cm³/mol. The molecule has 4 rings (SSSR count). The van der Waals surface area contributed by atoms with Gasteiger partial charge in [0.25, 0.3) is 5.69 Å². The van der Waals surface area contributed by atoms with E-state index in [0.29, 0.717) is 18.7 Å². The molecule has 1 aliphatic heterocycles. The first-order valence-corrected chi connectivity index (χ1v) is 7.27. The van der Waals surface area contributed by atoms with Crippen LogP contribution in [0.3, 0.4) is 0 Å². The molecule has 2 aromatic rings. The molecule has 0 fully saturated rings. The number of nitro groups is 1. The number of carbonyl (C=O) groups excluding carboxylic acids is 1. The Balaban J connectivity index is 2.04.